The average molecular weight is 417 g/mol. The molecule has 6 heteroatoms. The normalized spacial score (nSPS) is 19.5. The molecule has 6 nitrogen and oxygen atoms in total. The van der Waals surface area contributed by atoms with Crippen LogP contribution >= 0.6 is 0 Å². The summed E-state index contributed by atoms with van der Waals surface area (Å²) in [4.78, 5) is 22.0. The van der Waals surface area contributed by atoms with E-state index in [-0.39, 0.29) is 5.91 Å². The Bertz CT molecular complexity index is 1100. The summed E-state index contributed by atoms with van der Waals surface area (Å²) in [7, 11) is 0. The number of ether oxygens (including phenoxy) is 1. The van der Waals surface area contributed by atoms with Crippen LogP contribution in [0.3, 0.4) is 0 Å². The molecule has 1 atom stereocenters. The van der Waals surface area contributed by atoms with Gasteiger partial charge >= 0.3 is 0 Å². The van der Waals surface area contributed by atoms with E-state index in [1.54, 1.807) is 0 Å². The van der Waals surface area contributed by atoms with E-state index in [9.17, 15) is 4.79 Å². The molecule has 2 aliphatic heterocycles. The van der Waals surface area contributed by atoms with Crippen LogP contribution in [-0.2, 0) is 4.79 Å². The second kappa shape index (κ2) is 8.55. The molecular weight excluding hydrogens is 388 g/mol. The van der Waals surface area contributed by atoms with Crippen molar-refractivity contribution in [2.75, 3.05) is 42.9 Å². The number of amides is 1. The predicted molar refractivity (Wildman–Crippen MR) is 124 cm³/mol. The molecule has 3 aromatic rings. The first-order valence-electron chi connectivity index (χ1n) is 11.1. The van der Waals surface area contributed by atoms with E-state index in [2.05, 4.69) is 50.4 Å². The van der Waals surface area contributed by atoms with E-state index in [0.717, 1.165) is 61.8 Å². The zero-order valence-corrected chi connectivity index (χ0v) is 17.9. The topological polar surface area (TPSA) is 57.7 Å². The van der Waals surface area contributed by atoms with Gasteiger partial charge < -0.3 is 19.9 Å². The third-order valence-corrected chi connectivity index (χ3v) is 6.19. The van der Waals surface area contributed by atoms with Crippen molar-refractivity contribution < 1.29 is 9.53 Å². The summed E-state index contributed by atoms with van der Waals surface area (Å²) in [6, 6.07) is 18.3. The second-order valence-corrected chi connectivity index (χ2v) is 8.36. The van der Waals surface area contributed by atoms with Crippen LogP contribution in [0.4, 0.5) is 11.4 Å². The summed E-state index contributed by atoms with van der Waals surface area (Å²) in [5.74, 6) is 0.711. The summed E-state index contributed by atoms with van der Waals surface area (Å²) < 4.78 is 5.96. The maximum Gasteiger partial charge on any atom is 0.265 e. The first-order chi connectivity index (χ1) is 15.2. The summed E-state index contributed by atoms with van der Waals surface area (Å²) in [5, 5.41) is 4.18. The van der Waals surface area contributed by atoms with E-state index in [1.807, 2.05) is 31.2 Å². The highest BCUT2D eigenvalue weighted by molar-refractivity contribution is 5.97. The van der Waals surface area contributed by atoms with Gasteiger partial charge in [-0.2, -0.15) is 0 Å². The lowest BCUT2D eigenvalue weighted by Gasteiger charge is -2.28. The maximum atomic E-state index is 12.4. The van der Waals surface area contributed by atoms with E-state index in [0.29, 0.717) is 6.42 Å². The van der Waals surface area contributed by atoms with Gasteiger partial charge in [-0.15, -0.1) is 0 Å². The molecule has 1 N–H and O–H groups in total. The Morgan fingerprint density at radius 1 is 1.03 bits per heavy atom. The third-order valence-electron chi connectivity index (χ3n) is 6.19. The minimum Gasteiger partial charge on any atom is -0.478 e. The van der Waals surface area contributed by atoms with Crippen LogP contribution in [0, 0.1) is 6.92 Å². The van der Waals surface area contributed by atoms with E-state index < -0.39 is 6.10 Å². The van der Waals surface area contributed by atoms with Crippen molar-refractivity contribution in [2.24, 2.45) is 0 Å². The number of benzene rings is 2. The fraction of sp³-hybridized carbons (Fsp3) is 0.360. The van der Waals surface area contributed by atoms with Crippen molar-refractivity contribution in [3.63, 3.8) is 0 Å². The van der Waals surface area contributed by atoms with Gasteiger partial charge in [-0.05, 0) is 56.3 Å². The van der Waals surface area contributed by atoms with Crippen LogP contribution in [0.25, 0.3) is 10.9 Å². The van der Waals surface area contributed by atoms with E-state index in [4.69, 9.17) is 4.74 Å². The molecule has 0 radical (unpaired) electrons. The van der Waals surface area contributed by atoms with Crippen LogP contribution in [0.15, 0.2) is 54.6 Å². The highest BCUT2D eigenvalue weighted by Crippen LogP contribution is 2.30. The summed E-state index contributed by atoms with van der Waals surface area (Å²) in [5.41, 5.74) is 4.12. The Hall–Kier alpha value is -3.12. The SMILES string of the molecule is Cc1ccc2c(N3CCCN(CCC4Oc5ccccc5NC4=O)CC3)cccc2n1. The number of anilines is 2. The first kappa shape index (κ1) is 19.8. The van der Waals surface area contributed by atoms with Crippen molar-refractivity contribution in [3.8, 4) is 5.75 Å². The van der Waals surface area contributed by atoms with Gasteiger partial charge in [-0.25, -0.2) is 0 Å². The smallest absolute Gasteiger partial charge is 0.265 e. The number of aromatic nitrogens is 1. The van der Waals surface area contributed by atoms with Gasteiger partial charge in [0.2, 0.25) is 0 Å². The van der Waals surface area contributed by atoms with Gasteiger partial charge in [-0.3, -0.25) is 9.78 Å². The molecule has 1 unspecified atom stereocenters. The van der Waals surface area contributed by atoms with Crippen LogP contribution in [-0.4, -0.2) is 54.6 Å². The molecule has 2 aliphatic rings. The number of rotatable bonds is 4. The molecule has 0 spiro atoms. The Kier molecular flexibility index (Phi) is 5.47. The number of nitrogens with zero attached hydrogens (tertiary/aromatic N) is 3. The number of aryl methyl sites for hydroxylation is 1. The summed E-state index contributed by atoms with van der Waals surface area (Å²) in [6.45, 7) is 6.88. The standard InChI is InChI=1S/C25H28N4O2/c1-18-10-11-19-20(26-18)7-4-8-22(19)29-14-5-13-28(16-17-29)15-12-24-25(30)27-21-6-2-3-9-23(21)31-24/h2-4,6-11,24H,5,12-17H2,1H3,(H,27,30). The highest BCUT2D eigenvalue weighted by atomic mass is 16.5. The quantitative estimate of drug-likeness (QED) is 0.700. The predicted octanol–water partition coefficient (Wildman–Crippen LogP) is 3.85. The third kappa shape index (κ3) is 4.21. The Morgan fingerprint density at radius 3 is 2.87 bits per heavy atom. The number of pyridine rings is 1. The Morgan fingerprint density at radius 2 is 1.94 bits per heavy atom. The minimum absolute atomic E-state index is 0.0475. The van der Waals surface area contributed by atoms with Crippen molar-refractivity contribution in [1.82, 2.24) is 9.88 Å². The van der Waals surface area contributed by atoms with E-state index >= 15 is 0 Å². The van der Waals surface area contributed by atoms with Crippen LogP contribution < -0.4 is 15.0 Å². The van der Waals surface area contributed by atoms with Crippen LogP contribution in [0.2, 0.25) is 0 Å². The largest absolute Gasteiger partial charge is 0.478 e. The molecular formula is C25H28N4O2. The number of hydrogen-bond acceptors (Lipinski definition) is 5. The van der Waals surface area contributed by atoms with Crippen molar-refractivity contribution in [2.45, 2.75) is 25.9 Å². The molecule has 1 amide bonds. The van der Waals surface area contributed by atoms with Gasteiger partial charge in [-0.1, -0.05) is 18.2 Å². The molecule has 5 rings (SSSR count). The molecule has 1 saturated heterocycles. The molecule has 0 bridgehead atoms. The number of carbonyl (C=O) groups excluding carboxylic acids is 1. The van der Waals surface area contributed by atoms with Crippen molar-refractivity contribution in [3.05, 3.63) is 60.3 Å². The molecule has 1 fully saturated rings. The number of nitrogens with one attached hydrogen (secondary N) is 1. The number of para-hydroxylation sites is 2. The zero-order valence-electron chi connectivity index (χ0n) is 17.9. The van der Waals surface area contributed by atoms with Gasteiger partial charge in [0.1, 0.15) is 5.75 Å². The summed E-state index contributed by atoms with van der Waals surface area (Å²) >= 11 is 0. The summed E-state index contributed by atoms with van der Waals surface area (Å²) in [6.07, 6.45) is 1.36. The fourth-order valence-corrected chi connectivity index (χ4v) is 4.53. The van der Waals surface area contributed by atoms with Crippen molar-refractivity contribution in [1.29, 1.82) is 0 Å². The molecule has 1 aromatic heterocycles. The zero-order chi connectivity index (χ0) is 21.2. The second-order valence-electron chi connectivity index (χ2n) is 8.36. The van der Waals surface area contributed by atoms with E-state index in [1.165, 1.54) is 11.1 Å². The number of carbonyl (C=O) groups is 1. The highest BCUT2D eigenvalue weighted by Gasteiger charge is 2.28. The monoisotopic (exact) mass is 416 g/mol. The first-order valence-corrected chi connectivity index (χ1v) is 11.1. The lowest BCUT2D eigenvalue weighted by Crippen LogP contribution is -2.40. The molecule has 0 aliphatic carbocycles. The fourth-order valence-electron chi connectivity index (χ4n) is 4.53. The molecule has 3 heterocycles. The van der Waals surface area contributed by atoms with Crippen LogP contribution in [0.5, 0.6) is 5.75 Å². The number of hydrogen-bond donors (Lipinski definition) is 1. The molecule has 160 valence electrons. The molecule has 31 heavy (non-hydrogen) atoms. The Labute approximate surface area is 182 Å². The number of fused-ring (bicyclic) bond motifs is 2. The maximum absolute atomic E-state index is 12.4. The van der Waals surface area contributed by atoms with Gasteiger partial charge in [0.15, 0.2) is 6.10 Å². The lowest BCUT2D eigenvalue weighted by atomic mass is 10.1. The van der Waals surface area contributed by atoms with Crippen molar-refractivity contribution >= 4 is 28.2 Å². The lowest BCUT2D eigenvalue weighted by molar-refractivity contribution is -0.123. The Balaban J connectivity index is 1.22. The van der Waals surface area contributed by atoms with Gasteiger partial charge in [0.25, 0.3) is 5.91 Å². The van der Waals surface area contributed by atoms with Gasteiger partial charge in [0.05, 0.1) is 11.2 Å². The molecule has 2 aromatic carbocycles. The van der Waals surface area contributed by atoms with Gasteiger partial charge in [0, 0.05) is 49.4 Å². The minimum atomic E-state index is -0.429. The average Bonchev–Trinajstić information content (AvgIpc) is 3.02. The van der Waals surface area contributed by atoms with Crippen LogP contribution in [0.1, 0.15) is 18.5 Å². The molecule has 0 saturated carbocycles.